The van der Waals surface area contributed by atoms with Crippen LogP contribution in [-0.2, 0) is 6.54 Å². The molecule has 1 N–H and O–H groups in total. The van der Waals surface area contributed by atoms with Crippen molar-refractivity contribution < 1.29 is 4.39 Å². The third-order valence-corrected chi connectivity index (χ3v) is 4.63. The van der Waals surface area contributed by atoms with E-state index in [4.69, 9.17) is 0 Å². The van der Waals surface area contributed by atoms with Gasteiger partial charge in [0.25, 0.3) is 0 Å². The van der Waals surface area contributed by atoms with Crippen LogP contribution in [0.3, 0.4) is 0 Å². The largest absolute Gasteiger partial charge is 0.310 e. The normalized spacial score (nSPS) is 23.9. The number of nitrogens with one attached hydrogen (secondary N) is 1. The molecule has 20 heavy (non-hydrogen) atoms. The Balaban J connectivity index is 2.03. The van der Waals surface area contributed by atoms with Gasteiger partial charge in [-0.1, -0.05) is 51.3 Å². The molecule has 112 valence electrons. The van der Waals surface area contributed by atoms with Crippen LogP contribution in [0.5, 0.6) is 0 Å². The first kappa shape index (κ1) is 15.5. The van der Waals surface area contributed by atoms with Crippen molar-refractivity contribution in [1.82, 2.24) is 5.32 Å². The van der Waals surface area contributed by atoms with Gasteiger partial charge in [0.15, 0.2) is 0 Å². The molecule has 0 aliphatic heterocycles. The Kier molecular flexibility index (Phi) is 4.85. The lowest BCUT2D eigenvalue weighted by molar-refractivity contribution is 0.130. The Bertz CT molecular complexity index is 447. The second kappa shape index (κ2) is 6.26. The first-order chi connectivity index (χ1) is 9.38. The number of aryl methyl sites for hydroxylation is 1. The zero-order valence-corrected chi connectivity index (χ0v) is 13.3. The Morgan fingerprint density at radius 3 is 2.60 bits per heavy atom. The average molecular weight is 277 g/mol. The van der Waals surface area contributed by atoms with E-state index in [9.17, 15) is 4.39 Å². The molecule has 0 heterocycles. The van der Waals surface area contributed by atoms with Crippen molar-refractivity contribution >= 4 is 0 Å². The molecular formula is C18H28FN. The molecule has 0 bridgehead atoms. The van der Waals surface area contributed by atoms with Crippen LogP contribution in [0.1, 0.15) is 57.6 Å². The summed E-state index contributed by atoms with van der Waals surface area (Å²) in [4.78, 5) is 0. The van der Waals surface area contributed by atoms with Gasteiger partial charge >= 0.3 is 0 Å². The Labute approximate surface area is 123 Å². The molecule has 1 nitrogen and oxygen atoms in total. The summed E-state index contributed by atoms with van der Waals surface area (Å²) in [5, 5.41) is 3.62. The minimum Gasteiger partial charge on any atom is -0.310 e. The van der Waals surface area contributed by atoms with Crippen molar-refractivity contribution in [2.45, 2.75) is 66.0 Å². The zero-order chi connectivity index (χ0) is 14.8. The van der Waals surface area contributed by atoms with E-state index < -0.39 is 0 Å². The summed E-state index contributed by atoms with van der Waals surface area (Å²) in [6.45, 7) is 9.63. The fraction of sp³-hybridized carbons (Fsp3) is 0.667. The molecule has 0 saturated heterocycles. The first-order valence-corrected chi connectivity index (χ1v) is 7.86. The van der Waals surface area contributed by atoms with Crippen LogP contribution in [0, 0.1) is 24.1 Å². The van der Waals surface area contributed by atoms with Crippen molar-refractivity contribution in [1.29, 1.82) is 0 Å². The second-order valence-electron chi connectivity index (χ2n) is 7.34. The molecule has 2 heteroatoms. The molecule has 1 aliphatic rings. The van der Waals surface area contributed by atoms with Gasteiger partial charge in [-0.05, 0) is 37.2 Å². The lowest BCUT2D eigenvalue weighted by Gasteiger charge is -2.41. The highest BCUT2D eigenvalue weighted by Crippen LogP contribution is 2.38. The number of halogens is 1. The molecule has 2 unspecified atom stereocenters. The minimum atomic E-state index is -0.0915. The summed E-state index contributed by atoms with van der Waals surface area (Å²) in [6.07, 6.45) is 5.13. The van der Waals surface area contributed by atoms with E-state index in [-0.39, 0.29) is 5.82 Å². The standard InChI is InChI=1S/C18H28FN/c1-13-9-10-16(19)14(11-13)12-20-17-8-6-5-7-15(17)18(2,3)4/h9-11,15,17,20H,5-8,12H2,1-4H3. The highest BCUT2D eigenvalue weighted by atomic mass is 19.1. The quantitative estimate of drug-likeness (QED) is 0.834. The fourth-order valence-corrected chi connectivity index (χ4v) is 3.49. The van der Waals surface area contributed by atoms with Gasteiger partial charge in [-0.3, -0.25) is 0 Å². The molecule has 1 aromatic rings. The SMILES string of the molecule is Cc1ccc(F)c(CNC2CCCCC2C(C)(C)C)c1. The Morgan fingerprint density at radius 2 is 1.90 bits per heavy atom. The van der Waals surface area contributed by atoms with Crippen LogP contribution in [0.4, 0.5) is 4.39 Å². The second-order valence-corrected chi connectivity index (χ2v) is 7.34. The molecule has 1 fully saturated rings. The molecule has 2 atom stereocenters. The summed E-state index contributed by atoms with van der Waals surface area (Å²) < 4.78 is 13.8. The maximum atomic E-state index is 13.8. The maximum Gasteiger partial charge on any atom is 0.127 e. The molecule has 0 radical (unpaired) electrons. The van der Waals surface area contributed by atoms with Crippen LogP contribution < -0.4 is 5.32 Å². The first-order valence-electron chi connectivity index (χ1n) is 7.86. The summed E-state index contributed by atoms with van der Waals surface area (Å²) in [5.74, 6) is 0.593. The highest BCUT2D eigenvalue weighted by molar-refractivity contribution is 5.24. The average Bonchev–Trinajstić information content (AvgIpc) is 2.39. The molecule has 0 amide bonds. The van der Waals surface area contributed by atoms with Gasteiger partial charge in [-0.2, -0.15) is 0 Å². The lowest BCUT2D eigenvalue weighted by atomic mass is 9.69. The van der Waals surface area contributed by atoms with E-state index in [2.05, 4.69) is 26.1 Å². The lowest BCUT2D eigenvalue weighted by Crippen LogP contribution is -2.44. The maximum absolute atomic E-state index is 13.8. The number of hydrogen-bond acceptors (Lipinski definition) is 1. The van der Waals surface area contributed by atoms with Crippen LogP contribution in [0.25, 0.3) is 0 Å². The van der Waals surface area contributed by atoms with Gasteiger partial charge in [-0.25, -0.2) is 4.39 Å². The number of benzene rings is 1. The van der Waals surface area contributed by atoms with Gasteiger partial charge in [0.2, 0.25) is 0 Å². The summed E-state index contributed by atoms with van der Waals surface area (Å²) in [6, 6.07) is 5.88. The third-order valence-electron chi connectivity index (χ3n) is 4.63. The molecule has 0 spiro atoms. The molecule has 1 aromatic carbocycles. The van der Waals surface area contributed by atoms with Crippen molar-refractivity contribution in [2.24, 2.45) is 11.3 Å². The van der Waals surface area contributed by atoms with E-state index in [0.29, 0.717) is 23.9 Å². The number of hydrogen-bond donors (Lipinski definition) is 1. The molecular weight excluding hydrogens is 249 g/mol. The predicted octanol–water partition coefficient (Wildman–Crippen LogP) is 4.83. The molecule has 0 aromatic heterocycles. The zero-order valence-electron chi connectivity index (χ0n) is 13.3. The van der Waals surface area contributed by atoms with Gasteiger partial charge in [0, 0.05) is 18.2 Å². The van der Waals surface area contributed by atoms with E-state index in [1.54, 1.807) is 6.07 Å². The number of rotatable bonds is 3. The molecule has 1 saturated carbocycles. The van der Waals surface area contributed by atoms with Crippen LogP contribution in [0.2, 0.25) is 0 Å². The van der Waals surface area contributed by atoms with Gasteiger partial charge in [-0.15, -0.1) is 0 Å². The van der Waals surface area contributed by atoms with Gasteiger partial charge in [0.1, 0.15) is 5.82 Å². The fourth-order valence-electron chi connectivity index (χ4n) is 3.49. The molecule has 2 rings (SSSR count). The Morgan fingerprint density at radius 1 is 1.20 bits per heavy atom. The van der Waals surface area contributed by atoms with Crippen molar-refractivity contribution in [2.75, 3.05) is 0 Å². The van der Waals surface area contributed by atoms with Gasteiger partial charge < -0.3 is 5.32 Å². The monoisotopic (exact) mass is 277 g/mol. The van der Waals surface area contributed by atoms with Crippen molar-refractivity contribution in [3.05, 3.63) is 35.1 Å². The van der Waals surface area contributed by atoms with E-state index in [1.807, 2.05) is 19.1 Å². The summed E-state index contributed by atoms with van der Waals surface area (Å²) in [7, 11) is 0. The highest BCUT2D eigenvalue weighted by Gasteiger charge is 2.33. The summed E-state index contributed by atoms with van der Waals surface area (Å²) in [5.41, 5.74) is 2.24. The van der Waals surface area contributed by atoms with Crippen LogP contribution in [-0.4, -0.2) is 6.04 Å². The van der Waals surface area contributed by atoms with Crippen molar-refractivity contribution in [3.8, 4) is 0 Å². The Hall–Kier alpha value is -0.890. The van der Waals surface area contributed by atoms with Crippen LogP contribution in [0.15, 0.2) is 18.2 Å². The topological polar surface area (TPSA) is 12.0 Å². The van der Waals surface area contributed by atoms with E-state index in [1.165, 1.54) is 25.7 Å². The smallest absolute Gasteiger partial charge is 0.127 e. The summed E-state index contributed by atoms with van der Waals surface area (Å²) >= 11 is 0. The van der Waals surface area contributed by atoms with Gasteiger partial charge in [0.05, 0.1) is 0 Å². The minimum absolute atomic E-state index is 0.0915. The van der Waals surface area contributed by atoms with E-state index in [0.717, 1.165) is 11.1 Å². The van der Waals surface area contributed by atoms with Crippen LogP contribution >= 0.6 is 0 Å². The van der Waals surface area contributed by atoms with E-state index >= 15 is 0 Å². The molecule has 1 aliphatic carbocycles. The van der Waals surface area contributed by atoms with Crippen molar-refractivity contribution in [3.63, 3.8) is 0 Å². The predicted molar refractivity (Wildman–Crippen MR) is 83.2 cm³/mol. The third kappa shape index (κ3) is 3.82.